The van der Waals surface area contributed by atoms with Gasteiger partial charge in [0.05, 0.1) is 17.4 Å². The van der Waals surface area contributed by atoms with Gasteiger partial charge in [-0.15, -0.1) is 0 Å². The summed E-state index contributed by atoms with van der Waals surface area (Å²) in [6.45, 7) is 2.87. The molecule has 1 aliphatic rings. The van der Waals surface area contributed by atoms with Crippen molar-refractivity contribution in [1.82, 2.24) is 4.31 Å². The minimum atomic E-state index is -3.69. The van der Waals surface area contributed by atoms with Gasteiger partial charge in [0.25, 0.3) is 0 Å². The number of piperidine rings is 1. The summed E-state index contributed by atoms with van der Waals surface area (Å²) in [7, 11) is -3.69. The number of hydrogen-bond donors (Lipinski definition) is 1. The number of hydrogen-bond acceptors (Lipinski definition) is 4. The van der Waals surface area contributed by atoms with Crippen LogP contribution in [0.3, 0.4) is 0 Å². The van der Waals surface area contributed by atoms with Gasteiger partial charge in [-0.2, -0.15) is 4.31 Å². The molecule has 1 fully saturated rings. The molecule has 0 aliphatic carbocycles. The first-order valence-electron chi connectivity index (χ1n) is 9.29. The fourth-order valence-electron chi connectivity index (χ4n) is 3.27. The molecular formula is C20H22Cl2N2O4S. The number of nitrogens with zero attached hydrogens (tertiary/aromatic N) is 1. The highest BCUT2D eigenvalue weighted by atomic mass is 35.5. The Morgan fingerprint density at radius 2 is 1.83 bits per heavy atom. The molecule has 0 aromatic heterocycles. The Balaban J connectivity index is 1.71. The summed E-state index contributed by atoms with van der Waals surface area (Å²) in [5, 5.41) is 3.61. The molecule has 1 atom stereocenters. The second kappa shape index (κ2) is 9.34. The van der Waals surface area contributed by atoms with Gasteiger partial charge >= 0.3 is 0 Å². The number of nitrogens with one attached hydrogen (secondary N) is 1. The van der Waals surface area contributed by atoms with Gasteiger partial charge in [0.2, 0.25) is 15.9 Å². The summed E-state index contributed by atoms with van der Waals surface area (Å²) in [6, 6.07) is 11.1. The van der Waals surface area contributed by atoms with Crippen LogP contribution in [0.25, 0.3) is 0 Å². The molecule has 0 radical (unpaired) electrons. The molecule has 0 unspecified atom stereocenters. The van der Waals surface area contributed by atoms with Gasteiger partial charge in [-0.05, 0) is 62.2 Å². The molecule has 6 nitrogen and oxygen atoms in total. The topological polar surface area (TPSA) is 75.7 Å². The zero-order valence-electron chi connectivity index (χ0n) is 15.9. The van der Waals surface area contributed by atoms with Gasteiger partial charge in [0.1, 0.15) is 5.75 Å². The molecule has 1 heterocycles. The van der Waals surface area contributed by atoms with Crippen LogP contribution in [0.4, 0.5) is 5.69 Å². The summed E-state index contributed by atoms with van der Waals surface area (Å²) in [6.07, 6.45) is 1.21. The summed E-state index contributed by atoms with van der Waals surface area (Å²) in [5.41, 5.74) is 0.485. The van der Waals surface area contributed by atoms with Crippen LogP contribution in [0.15, 0.2) is 47.4 Å². The molecule has 0 saturated carbocycles. The monoisotopic (exact) mass is 456 g/mol. The Bertz CT molecular complexity index is 960. The van der Waals surface area contributed by atoms with Crippen LogP contribution in [0.2, 0.25) is 10.0 Å². The molecule has 156 valence electrons. The first-order valence-corrected chi connectivity index (χ1v) is 11.5. The number of carbonyl (C=O) groups excluding carboxylic acids is 1. The fraction of sp³-hybridized carbons (Fsp3) is 0.350. The molecule has 1 N–H and O–H groups in total. The van der Waals surface area contributed by atoms with E-state index in [1.807, 2.05) is 6.92 Å². The van der Waals surface area contributed by atoms with E-state index in [9.17, 15) is 13.2 Å². The standard InChI is InChI=1S/C20H22Cl2N2O4S/c1-2-28-18-5-7-19(8-6-18)29(26,27)24-9-3-4-14(13-24)20(25)23-17-11-15(21)10-16(22)12-17/h5-8,10-12,14H,2-4,9,13H2,1H3,(H,23,25)/t14-/m0/s1. The Hall–Kier alpha value is -1.80. The number of amides is 1. The average molecular weight is 457 g/mol. The number of ether oxygens (including phenoxy) is 1. The zero-order valence-corrected chi connectivity index (χ0v) is 18.2. The van der Waals surface area contributed by atoms with Crippen molar-refractivity contribution in [3.63, 3.8) is 0 Å². The lowest BCUT2D eigenvalue weighted by Gasteiger charge is -2.31. The van der Waals surface area contributed by atoms with Crippen LogP contribution < -0.4 is 10.1 Å². The number of sulfonamides is 1. The van der Waals surface area contributed by atoms with E-state index in [1.165, 1.54) is 16.4 Å². The molecule has 1 aliphatic heterocycles. The van der Waals surface area contributed by atoms with Gasteiger partial charge in [0.15, 0.2) is 0 Å². The largest absolute Gasteiger partial charge is 0.494 e. The Labute approximate surface area is 180 Å². The lowest BCUT2D eigenvalue weighted by molar-refractivity contribution is -0.120. The maximum Gasteiger partial charge on any atom is 0.243 e. The smallest absolute Gasteiger partial charge is 0.243 e. The molecule has 9 heteroatoms. The molecule has 3 rings (SSSR count). The number of rotatable bonds is 6. The van der Waals surface area contributed by atoms with Gasteiger partial charge < -0.3 is 10.1 Å². The first kappa shape index (κ1) is 21.9. The maximum absolute atomic E-state index is 13.0. The average Bonchev–Trinajstić information content (AvgIpc) is 2.68. The van der Waals surface area contributed by atoms with Crippen molar-refractivity contribution in [1.29, 1.82) is 0 Å². The Morgan fingerprint density at radius 3 is 2.45 bits per heavy atom. The number of carbonyl (C=O) groups is 1. The van der Waals surface area contributed by atoms with Gasteiger partial charge in [0, 0.05) is 28.8 Å². The van der Waals surface area contributed by atoms with Crippen molar-refractivity contribution in [3.05, 3.63) is 52.5 Å². The molecular weight excluding hydrogens is 435 g/mol. The third kappa shape index (κ3) is 5.42. The van der Waals surface area contributed by atoms with E-state index >= 15 is 0 Å². The molecule has 2 aromatic rings. The Morgan fingerprint density at radius 1 is 1.17 bits per heavy atom. The second-order valence-electron chi connectivity index (χ2n) is 6.75. The van der Waals surface area contributed by atoms with Crippen molar-refractivity contribution < 1.29 is 17.9 Å². The van der Waals surface area contributed by atoms with E-state index in [0.717, 1.165) is 0 Å². The van der Waals surface area contributed by atoms with Crippen molar-refractivity contribution in [2.75, 3.05) is 25.0 Å². The van der Waals surface area contributed by atoms with Crippen molar-refractivity contribution >= 4 is 44.8 Å². The van der Waals surface area contributed by atoms with Crippen molar-refractivity contribution in [3.8, 4) is 5.75 Å². The summed E-state index contributed by atoms with van der Waals surface area (Å²) >= 11 is 11.9. The summed E-state index contributed by atoms with van der Waals surface area (Å²) in [5.74, 6) is -0.101. The van der Waals surface area contributed by atoms with E-state index < -0.39 is 15.9 Å². The normalized spacial score (nSPS) is 17.7. The van der Waals surface area contributed by atoms with Crippen LogP contribution in [0, 0.1) is 5.92 Å². The fourth-order valence-corrected chi connectivity index (χ4v) is 5.32. The van der Waals surface area contributed by atoms with Crippen molar-refractivity contribution in [2.24, 2.45) is 5.92 Å². The molecule has 0 spiro atoms. The van der Waals surface area contributed by atoms with E-state index in [0.29, 0.717) is 47.5 Å². The van der Waals surface area contributed by atoms with Crippen LogP contribution >= 0.6 is 23.2 Å². The van der Waals surface area contributed by atoms with Crippen molar-refractivity contribution in [2.45, 2.75) is 24.7 Å². The van der Waals surface area contributed by atoms with Crippen LogP contribution in [0.1, 0.15) is 19.8 Å². The highest BCUT2D eigenvalue weighted by Gasteiger charge is 2.33. The van der Waals surface area contributed by atoms with Crippen LogP contribution in [-0.2, 0) is 14.8 Å². The highest BCUT2D eigenvalue weighted by molar-refractivity contribution is 7.89. The molecule has 0 bridgehead atoms. The number of benzene rings is 2. The second-order valence-corrected chi connectivity index (χ2v) is 9.56. The quantitative estimate of drug-likeness (QED) is 0.697. The third-order valence-corrected chi connectivity index (χ3v) is 6.97. The lowest BCUT2D eigenvalue weighted by Crippen LogP contribution is -2.43. The maximum atomic E-state index is 13.0. The van der Waals surface area contributed by atoms with E-state index in [4.69, 9.17) is 27.9 Å². The highest BCUT2D eigenvalue weighted by Crippen LogP contribution is 2.27. The van der Waals surface area contributed by atoms with Gasteiger partial charge in [-0.3, -0.25) is 4.79 Å². The van der Waals surface area contributed by atoms with Gasteiger partial charge in [-0.25, -0.2) is 8.42 Å². The Kier molecular flexibility index (Phi) is 7.05. The van der Waals surface area contributed by atoms with Crippen LogP contribution in [-0.4, -0.2) is 38.3 Å². The lowest BCUT2D eigenvalue weighted by atomic mass is 9.99. The summed E-state index contributed by atoms with van der Waals surface area (Å²) < 4.78 is 32.7. The molecule has 2 aromatic carbocycles. The van der Waals surface area contributed by atoms with E-state index in [1.54, 1.807) is 30.3 Å². The molecule has 1 amide bonds. The SMILES string of the molecule is CCOc1ccc(S(=O)(=O)N2CCC[C@H](C(=O)Nc3cc(Cl)cc(Cl)c3)C2)cc1. The minimum Gasteiger partial charge on any atom is -0.494 e. The van der Waals surface area contributed by atoms with E-state index in [2.05, 4.69) is 5.32 Å². The van der Waals surface area contributed by atoms with E-state index in [-0.39, 0.29) is 17.3 Å². The summed E-state index contributed by atoms with van der Waals surface area (Å²) in [4.78, 5) is 12.9. The van der Waals surface area contributed by atoms with Crippen LogP contribution in [0.5, 0.6) is 5.75 Å². The number of anilines is 1. The predicted molar refractivity (Wildman–Crippen MR) is 114 cm³/mol. The zero-order chi connectivity index (χ0) is 21.0. The molecule has 29 heavy (non-hydrogen) atoms. The first-order chi connectivity index (χ1) is 13.8. The predicted octanol–water partition coefficient (Wildman–Crippen LogP) is 4.43. The number of halogens is 2. The molecule has 1 saturated heterocycles. The third-order valence-electron chi connectivity index (χ3n) is 4.66. The van der Waals surface area contributed by atoms with Gasteiger partial charge in [-0.1, -0.05) is 23.2 Å². The minimum absolute atomic E-state index is 0.121.